The molecule has 3 rings (SSSR count). The van der Waals surface area contributed by atoms with Crippen LogP contribution in [0, 0.1) is 32.0 Å². The van der Waals surface area contributed by atoms with Crippen LogP contribution in [0.4, 0.5) is 4.39 Å². The number of nitrogens with zero attached hydrogens (tertiary/aromatic N) is 4. The molecule has 0 atom stereocenters. The van der Waals surface area contributed by atoms with Gasteiger partial charge in [-0.05, 0) is 43.7 Å². The van der Waals surface area contributed by atoms with Crippen molar-refractivity contribution in [1.29, 1.82) is 0 Å². The van der Waals surface area contributed by atoms with Gasteiger partial charge in [-0.3, -0.25) is 4.79 Å². The molecule has 0 N–H and O–H groups in total. The van der Waals surface area contributed by atoms with Gasteiger partial charge < -0.3 is 4.90 Å². The molecule has 0 aliphatic heterocycles. The predicted molar refractivity (Wildman–Crippen MR) is 101 cm³/mol. The Labute approximate surface area is 157 Å². The smallest absolute Gasteiger partial charge is 0.294 e. The Balaban J connectivity index is 1.86. The molecule has 0 unspecified atom stereocenters. The van der Waals surface area contributed by atoms with Crippen LogP contribution in [0.1, 0.15) is 27.6 Å². The third-order valence-electron chi connectivity index (χ3n) is 4.09. The SMILES string of the molecule is C#CCN(Cc1ccc(C)cc1)C(=O)c1nc(C)n(-c2ccc(F)cc2)n1. The van der Waals surface area contributed by atoms with E-state index in [1.165, 1.54) is 21.7 Å². The number of hydrogen-bond acceptors (Lipinski definition) is 3. The number of amides is 1. The van der Waals surface area contributed by atoms with Gasteiger partial charge in [0, 0.05) is 6.54 Å². The van der Waals surface area contributed by atoms with Gasteiger partial charge in [0.2, 0.25) is 5.82 Å². The summed E-state index contributed by atoms with van der Waals surface area (Å²) in [6.45, 7) is 4.26. The standard InChI is InChI=1S/C21H19FN4O/c1-4-13-25(14-17-7-5-15(2)6-8-17)21(27)20-23-16(3)26(24-20)19-11-9-18(22)10-12-19/h1,5-12H,13-14H2,2-3H3. The van der Waals surface area contributed by atoms with Gasteiger partial charge in [0.15, 0.2) is 0 Å². The molecule has 0 radical (unpaired) electrons. The number of aromatic nitrogens is 3. The minimum atomic E-state index is -0.350. The second-order valence-electron chi connectivity index (χ2n) is 6.22. The Morgan fingerprint density at radius 2 is 1.81 bits per heavy atom. The van der Waals surface area contributed by atoms with E-state index in [1.807, 2.05) is 31.2 Å². The number of hydrogen-bond donors (Lipinski definition) is 0. The molecule has 27 heavy (non-hydrogen) atoms. The van der Waals surface area contributed by atoms with Gasteiger partial charge in [-0.1, -0.05) is 35.7 Å². The van der Waals surface area contributed by atoms with Crippen LogP contribution in [0.15, 0.2) is 48.5 Å². The van der Waals surface area contributed by atoms with E-state index in [4.69, 9.17) is 6.42 Å². The first kappa shape index (κ1) is 18.3. The number of halogens is 1. The van der Waals surface area contributed by atoms with Gasteiger partial charge in [-0.25, -0.2) is 14.1 Å². The quantitative estimate of drug-likeness (QED) is 0.655. The maximum Gasteiger partial charge on any atom is 0.294 e. The van der Waals surface area contributed by atoms with Crippen molar-refractivity contribution in [3.05, 3.63) is 77.1 Å². The highest BCUT2D eigenvalue weighted by Crippen LogP contribution is 2.13. The summed E-state index contributed by atoms with van der Waals surface area (Å²) >= 11 is 0. The molecule has 0 spiro atoms. The summed E-state index contributed by atoms with van der Waals surface area (Å²) in [6.07, 6.45) is 5.44. The summed E-state index contributed by atoms with van der Waals surface area (Å²) in [5.41, 5.74) is 2.74. The van der Waals surface area contributed by atoms with Gasteiger partial charge in [0.1, 0.15) is 11.6 Å². The molecule has 2 aromatic carbocycles. The lowest BCUT2D eigenvalue weighted by molar-refractivity contribution is 0.0753. The Bertz CT molecular complexity index is 985. The Hall–Kier alpha value is -3.46. The molecule has 0 bridgehead atoms. The summed E-state index contributed by atoms with van der Waals surface area (Å²) in [5, 5.41) is 4.29. The van der Waals surface area contributed by atoms with Crippen molar-refractivity contribution in [3.63, 3.8) is 0 Å². The molecule has 1 amide bonds. The summed E-state index contributed by atoms with van der Waals surface area (Å²) in [4.78, 5) is 18.7. The molecule has 3 aromatic rings. The minimum absolute atomic E-state index is 0.0548. The summed E-state index contributed by atoms with van der Waals surface area (Å²) in [5.74, 6) is 2.40. The number of aryl methyl sites for hydroxylation is 2. The third-order valence-corrected chi connectivity index (χ3v) is 4.09. The van der Waals surface area contributed by atoms with E-state index in [0.717, 1.165) is 11.1 Å². The molecule has 1 aromatic heterocycles. The molecule has 5 nitrogen and oxygen atoms in total. The highest BCUT2D eigenvalue weighted by molar-refractivity contribution is 5.90. The van der Waals surface area contributed by atoms with Crippen LogP contribution >= 0.6 is 0 Å². The molecular weight excluding hydrogens is 343 g/mol. The average Bonchev–Trinajstić information content (AvgIpc) is 3.05. The first-order valence-corrected chi connectivity index (χ1v) is 8.46. The van der Waals surface area contributed by atoms with Gasteiger partial charge in [-0.15, -0.1) is 11.5 Å². The number of carbonyl (C=O) groups excluding carboxylic acids is 1. The number of terminal acetylenes is 1. The van der Waals surface area contributed by atoms with Gasteiger partial charge in [-0.2, -0.15) is 0 Å². The zero-order valence-corrected chi connectivity index (χ0v) is 15.2. The predicted octanol–water partition coefficient (Wildman–Crippen LogP) is 3.30. The molecule has 0 fully saturated rings. The van der Waals surface area contributed by atoms with E-state index in [0.29, 0.717) is 18.1 Å². The molecule has 0 saturated heterocycles. The lowest BCUT2D eigenvalue weighted by atomic mass is 10.1. The summed E-state index contributed by atoms with van der Waals surface area (Å²) < 4.78 is 14.6. The fourth-order valence-electron chi connectivity index (χ4n) is 2.67. The van der Waals surface area contributed by atoms with E-state index in [9.17, 15) is 9.18 Å². The second kappa shape index (κ2) is 7.83. The topological polar surface area (TPSA) is 51.0 Å². The van der Waals surface area contributed by atoms with Crippen molar-refractivity contribution in [2.45, 2.75) is 20.4 Å². The van der Waals surface area contributed by atoms with Crippen molar-refractivity contribution < 1.29 is 9.18 Å². The Morgan fingerprint density at radius 3 is 2.44 bits per heavy atom. The number of carbonyl (C=O) groups is 1. The van der Waals surface area contributed by atoms with Gasteiger partial charge in [0.25, 0.3) is 5.91 Å². The fourth-order valence-corrected chi connectivity index (χ4v) is 2.67. The average molecular weight is 362 g/mol. The fraction of sp³-hybridized carbons (Fsp3) is 0.190. The van der Waals surface area contributed by atoms with Crippen molar-refractivity contribution >= 4 is 5.91 Å². The number of benzene rings is 2. The van der Waals surface area contributed by atoms with Crippen LogP contribution in [0.3, 0.4) is 0 Å². The Morgan fingerprint density at radius 1 is 1.15 bits per heavy atom. The van der Waals surface area contributed by atoms with Crippen LogP contribution in [-0.2, 0) is 6.54 Å². The second-order valence-corrected chi connectivity index (χ2v) is 6.22. The monoisotopic (exact) mass is 362 g/mol. The zero-order valence-electron chi connectivity index (χ0n) is 15.2. The molecule has 0 aliphatic rings. The number of rotatable bonds is 5. The Kier molecular flexibility index (Phi) is 5.32. The molecule has 0 aliphatic carbocycles. The summed E-state index contributed by atoms with van der Waals surface area (Å²) in [7, 11) is 0. The maximum absolute atomic E-state index is 13.1. The van der Waals surface area contributed by atoms with E-state index in [2.05, 4.69) is 16.0 Å². The largest absolute Gasteiger partial charge is 0.320 e. The van der Waals surface area contributed by atoms with Crippen molar-refractivity contribution in [1.82, 2.24) is 19.7 Å². The molecular formula is C21H19FN4O. The first-order chi connectivity index (χ1) is 13.0. The molecule has 0 saturated carbocycles. The lowest BCUT2D eigenvalue weighted by Gasteiger charge is -2.18. The molecule has 6 heteroatoms. The van der Waals surface area contributed by atoms with Crippen molar-refractivity contribution in [2.75, 3.05) is 6.54 Å². The normalized spacial score (nSPS) is 10.4. The van der Waals surface area contributed by atoms with E-state index in [1.54, 1.807) is 19.1 Å². The van der Waals surface area contributed by atoms with Crippen LogP contribution in [0.5, 0.6) is 0 Å². The molecule has 1 heterocycles. The lowest BCUT2D eigenvalue weighted by Crippen LogP contribution is -2.31. The highest BCUT2D eigenvalue weighted by atomic mass is 19.1. The minimum Gasteiger partial charge on any atom is -0.320 e. The summed E-state index contributed by atoms with van der Waals surface area (Å²) in [6, 6.07) is 13.7. The van der Waals surface area contributed by atoms with Crippen molar-refractivity contribution in [2.24, 2.45) is 0 Å². The maximum atomic E-state index is 13.1. The zero-order chi connectivity index (χ0) is 19.4. The van der Waals surface area contributed by atoms with E-state index < -0.39 is 0 Å². The molecule has 136 valence electrons. The van der Waals surface area contributed by atoms with Crippen LogP contribution in [0.25, 0.3) is 5.69 Å². The van der Waals surface area contributed by atoms with Gasteiger partial charge >= 0.3 is 0 Å². The van der Waals surface area contributed by atoms with Crippen LogP contribution in [-0.4, -0.2) is 32.1 Å². The highest BCUT2D eigenvalue weighted by Gasteiger charge is 2.21. The van der Waals surface area contributed by atoms with E-state index in [-0.39, 0.29) is 24.1 Å². The van der Waals surface area contributed by atoms with Gasteiger partial charge in [0.05, 0.1) is 12.2 Å². The van der Waals surface area contributed by atoms with Crippen LogP contribution < -0.4 is 0 Å². The third kappa shape index (κ3) is 4.21. The van der Waals surface area contributed by atoms with Crippen LogP contribution in [0.2, 0.25) is 0 Å². The van der Waals surface area contributed by atoms with E-state index >= 15 is 0 Å². The van der Waals surface area contributed by atoms with Crippen molar-refractivity contribution in [3.8, 4) is 18.0 Å². The first-order valence-electron chi connectivity index (χ1n) is 8.46.